The van der Waals surface area contributed by atoms with E-state index in [2.05, 4.69) is 53.5 Å². The third-order valence-electron chi connectivity index (χ3n) is 12.6. The van der Waals surface area contributed by atoms with Crippen molar-refractivity contribution in [2.24, 2.45) is 23.7 Å². The van der Waals surface area contributed by atoms with Gasteiger partial charge < -0.3 is 24.6 Å². The summed E-state index contributed by atoms with van der Waals surface area (Å²) in [6, 6.07) is 15.1. The molecule has 0 radical (unpaired) electrons. The molecule has 2 saturated heterocycles. The monoisotopic (exact) mass is 721 g/mol. The van der Waals surface area contributed by atoms with Crippen molar-refractivity contribution >= 4 is 29.2 Å². The van der Waals surface area contributed by atoms with Crippen LogP contribution in [0.15, 0.2) is 60.2 Å². The molecule has 2 aliphatic carbocycles. The van der Waals surface area contributed by atoms with Gasteiger partial charge >= 0.3 is 11.9 Å². The molecule has 10 atom stereocenters. The van der Waals surface area contributed by atoms with Crippen LogP contribution in [0.3, 0.4) is 0 Å². The van der Waals surface area contributed by atoms with Gasteiger partial charge in [-0.2, -0.15) is 0 Å². The van der Waals surface area contributed by atoms with E-state index in [1.807, 2.05) is 13.8 Å². The Morgan fingerprint density at radius 1 is 1.06 bits per heavy atom. The van der Waals surface area contributed by atoms with Crippen molar-refractivity contribution in [1.29, 1.82) is 0 Å². The van der Waals surface area contributed by atoms with E-state index in [9.17, 15) is 19.8 Å². The van der Waals surface area contributed by atoms with Gasteiger partial charge in [0, 0.05) is 38.4 Å². The average molecular weight is 722 g/mol. The van der Waals surface area contributed by atoms with Crippen LogP contribution < -0.4 is 10.4 Å². The lowest BCUT2D eigenvalue weighted by molar-refractivity contribution is -0.225. The van der Waals surface area contributed by atoms with Crippen LogP contribution in [0, 0.1) is 23.7 Å². The van der Waals surface area contributed by atoms with Crippen molar-refractivity contribution in [3.8, 4) is 0 Å². The highest BCUT2D eigenvalue weighted by atomic mass is 35.5. The quantitative estimate of drug-likeness (QED) is 0.256. The Labute approximate surface area is 306 Å². The van der Waals surface area contributed by atoms with Gasteiger partial charge in [0.25, 0.3) is 0 Å². The van der Waals surface area contributed by atoms with E-state index in [0.717, 1.165) is 50.9 Å². The number of aliphatic hydroxyl groups is 2. The van der Waals surface area contributed by atoms with Gasteiger partial charge in [0.2, 0.25) is 0 Å². The van der Waals surface area contributed by atoms with Crippen LogP contribution in [-0.4, -0.2) is 83.8 Å². The highest BCUT2D eigenvalue weighted by Gasteiger charge is 2.62. The number of fused-ring (bicyclic) bond motifs is 4. The van der Waals surface area contributed by atoms with Gasteiger partial charge in [-0.15, -0.1) is 0 Å². The number of piperidine rings is 1. The van der Waals surface area contributed by atoms with E-state index in [-0.39, 0.29) is 30.1 Å². The lowest BCUT2D eigenvalue weighted by Gasteiger charge is -2.56. The highest BCUT2D eigenvalue weighted by Crippen LogP contribution is 2.53. The Morgan fingerprint density at radius 3 is 2.49 bits per heavy atom. The average Bonchev–Trinajstić information content (AvgIpc) is 3.45. The summed E-state index contributed by atoms with van der Waals surface area (Å²) in [4.78, 5) is 35.1. The predicted octanol–water partition coefficient (Wildman–Crippen LogP) is 5.31. The second-order valence-electron chi connectivity index (χ2n) is 15.8. The minimum Gasteiger partial charge on any atom is -0.454 e. The van der Waals surface area contributed by atoms with Crippen LogP contribution in [0.4, 0.5) is 5.69 Å². The fraction of sp³-hybridized carbons (Fsp3) is 0.600. The molecule has 276 valence electrons. The minimum absolute atomic E-state index is 0.0323. The first-order valence-corrected chi connectivity index (χ1v) is 18.9. The molecule has 3 heterocycles. The number of hydroxylamine groups is 1. The van der Waals surface area contributed by atoms with Crippen molar-refractivity contribution < 1.29 is 34.1 Å². The molecule has 3 fully saturated rings. The summed E-state index contributed by atoms with van der Waals surface area (Å²) in [5.74, 6) is -0.740. The molecule has 10 nitrogen and oxygen atoms in total. The highest BCUT2D eigenvalue weighted by molar-refractivity contribution is 6.33. The molecule has 3 aliphatic heterocycles. The van der Waals surface area contributed by atoms with Crippen molar-refractivity contribution in [3.05, 3.63) is 76.3 Å². The molecule has 3 N–H and O–H groups in total. The van der Waals surface area contributed by atoms with Crippen LogP contribution in [-0.2, 0) is 29.5 Å². The Morgan fingerprint density at radius 2 is 1.78 bits per heavy atom. The molecular weight excluding hydrogens is 670 g/mol. The molecule has 51 heavy (non-hydrogen) atoms. The first kappa shape index (κ1) is 36.4. The van der Waals surface area contributed by atoms with Crippen LogP contribution in [0.1, 0.15) is 76.8 Å². The van der Waals surface area contributed by atoms with Crippen molar-refractivity contribution in [2.45, 2.75) is 101 Å². The van der Waals surface area contributed by atoms with Gasteiger partial charge in [-0.1, -0.05) is 74.0 Å². The first-order chi connectivity index (χ1) is 24.3. The maximum atomic E-state index is 14.2. The molecule has 5 aliphatic rings. The van der Waals surface area contributed by atoms with Gasteiger partial charge in [0.1, 0.15) is 17.2 Å². The van der Waals surface area contributed by atoms with Crippen molar-refractivity contribution in [3.63, 3.8) is 0 Å². The largest absolute Gasteiger partial charge is 0.454 e. The molecule has 0 aromatic heterocycles. The summed E-state index contributed by atoms with van der Waals surface area (Å²) in [5.41, 5.74) is 0.218. The lowest BCUT2D eigenvalue weighted by atomic mass is 9.55. The molecule has 0 amide bonds. The number of likely N-dealkylation sites (tertiary alicyclic amines) is 1. The van der Waals surface area contributed by atoms with E-state index < -0.39 is 47.6 Å². The zero-order valence-corrected chi connectivity index (χ0v) is 31.0. The zero-order chi connectivity index (χ0) is 36.2. The standard InChI is InChI=1S/C40H52ClN3O7/c1-23-20-31-29(24(2)22-44-18-16-28(17-19-44)27-10-7-6-8-11-27)15-14-25(3)40(31,48)36(35(23)49-26(4)45)50-37(46)33-21-39(47)30-12-9-13-32(41)34(30)43(5)51-38(39)42-33/h6-13,20,24-25,28-29,31,33,35-36,38,42,47-48H,14-19,21-22H2,1-5H3/t24?,25-,29+,31-,33+,35-,36+,38-,39-,40-/m1/s1. The number of carbonyl (C=O) groups is 2. The number of rotatable bonds is 7. The van der Waals surface area contributed by atoms with E-state index in [4.69, 9.17) is 25.9 Å². The molecule has 0 bridgehead atoms. The molecule has 11 heteroatoms. The maximum absolute atomic E-state index is 14.2. The summed E-state index contributed by atoms with van der Waals surface area (Å²) in [7, 11) is 1.70. The Balaban J connectivity index is 1.11. The van der Waals surface area contributed by atoms with Crippen LogP contribution in [0.25, 0.3) is 0 Å². The van der Waals surface area contributed by atoms with Crippen molar-refractivity contribution in [2.75, 3.05) is 31.7 Å². The van der Waals surface area contributed by atoms with E-state index >= 15 is 0 Å². The Bertz CT molecular complexity index is 1650. The van der Waals surface area contributed by atoms with E-state index in [1.54, 1.807) is 25.2 Å². The number of hydrogen-bond acceptors (Lipinski definition) is 10. The number of esters is 2. The number of carbonyl (C=O) groups excluding carboxylic acids is 2. The molecule has 1 unspecified atom stereocenters. The predicted molar refractivity (Wildman–Crippen MR) is 194 cm³/mol. The van der Waals surface area contributed by atoms with Gasteiger partial charge in [0.05, 0.1) is 10.7 Å². The number of anilines is 1. The molecule has 7 rings (SSSR count). The number of hydrogen-bond donors (Lipinski definition) is 3. The first-order valence-electron chi connectivity index (χ1n) is 18.5. The fourth-order valence-electron chi connectivity index (χ4n) is 9.88. The van der Waals surface area contributed by atoms with Crippen LogP contribution in [0.2, 0.25) is 5.02 Å². The van der Waals surface area contributed by atoms with E-state index in [1.165, 1.54) is 17.6 Å². The molecule has 1 saturated carbocycles. The second-order valence-corrected chi connectivity index (χ2v) is 16.2. The van der Waals surface area contributed by atoms with E-state index in [0.29, 0.717) is 22.2 Å². The molecule has 2 aromatic rings. The van der Waals surface area contributed by atoms with Crippen molar-refractivity contribution in [1.82, 2.24) is 10.2 Å². The van der Waals surface area contributed by atoms with Gasteiger partial charge in [-0.25, -0.2) is 0 Å². The number of nitrogens with one attached hydrogen (secondary N) is 1. The maximum Gasteiger partial charge on any atom is 0.323 e. The summed E-state index contributed by atoms with van der Waals surface area (Å²) >= 11 is 6.48. The molecule has 2 aromatic carbocycles. The topological polar surface area (TPSA) is 121 Å². The third kappa shape index (κ3) is 6.50. The van der Waals surface area contributed by atoms with Gasteiger partial charge in [-0.05, 0) is 86.6 Å². The van der Waals surface area contributed by atoms with Gasteiger partial charge in [-0.3, -0.25) is 24.8 Å². The number of halogens is 1. The molecule has 0 spiro atoms. The van der Waals surface area contributed by atoms with Crippen LogP contribution in [0.5, 0.6) is 0 Å². The number of benzene rings is 2. The number of ether oxygens (including phenoxy) is 2. The number of para-hydroxylation sites is 1. The third-order valence-corrected chi connectivity index (χ3v) is 12.9. The van der Waals surface area contributed by atoms with Crippen LogP contribution >= 0.6 is 11.6 Å². The SMILES string of the molecule is CC(=O)O[C@@H]1C(C)=C[C@@H]2[C@H](C(C)CN3CCC(c4ccccc4)CC3)CC[C@@H](C)[C@]2(O)[C@H]1OC(=O)[C@@H]1C[C@@]2(O)c3cccc(Cl)c3N(C)O[C@H]2N1. The fourth-order valence-corrected chi connectivity index (χ4v) is 10.2. The molecular formula is C40H52ClN3O7. The number of nitrogens with zero attached hydrogens (tertiary/aromatic N) is 2. The second kappa shape index (κ2) is 14.1. The summed E-state index contributed by atoms with van der Waals surface area (Å²) in [6.45, 7) is 10.5. The minimum atomic E-state index is -1.55. The summed E-state index contributed by atoms with van der Waals surface area (Å²) in [6.07, 6.45) is 2.94. The Hall–Kier alpha value is -2.99. The normalized spacial score (nSPS) is 36.0. The van der Waals surface area contributed by atoms with Gasteiger partial charge in [0.15, 0.2) is 18.4 Å². The lowest BCUT2D eigenvalue weighted by Crippen LogP contribution is -2.66. The summed E-state index contributed by atoms with van der Waals surface area (Å²) in [5, 5.41) is 29.9. The smallest absolute Gasteiger partial charge is 0.323 e. The zero-order valence-electron chi connectivity index (χ0n) is 30.3. The summed E-state index contributed by atoms with van der Waals surface area (Å²) < 4.78 is 12.2. The Kier molecular flexibility index (Phi) is 10.1.